The zero-order valence-electron chi connectivity index (χ0n) is 11.1. The molecule has 19 heavy (non-hydrogen) atoms. The van der Waals surface area contributed by atoms with Gasteiger partial charge in [-0.15, -0.1) is 0 Å². The molecule has 3 N–H and O–H groups in total. The Morgan fingerprint density at radius 3 is 2.58 bits per heavy atom. The first-order chi connectivity index (χ1) is 8.96. The molecule has 2 rings (SSSR count). The zero-order chi connectivity index (χ0) is 13.9. The number of carbonyl (C=O) groups is 1. The fourth-order valence-corrected chi connectivity index (χ4v) is 3.18. The van der Waals surface area contributed by atoms with Crippen LogP contribution in [0.1, 0.15) is 38.5 Å². The number of nitrogens with one attached hydrogen (secondary N) is 2. The monoisotopic (exact) mass is 276 g/mol. The maximum absolute atomic E-state index is 13.0. The summed E-state index contributed by atoms with van der Waals surface area (Å²) in [4.78, 5) is 11.9. The van der Waals surface area contributed by atoms with Crippen LogP contribution in [0.4, 0.5) is 8.78 Å². The van der Waals surface area contributed by atoms with Gasteiger partial charge in [0, 0.05) is 19.6 Å². The summed E-state index contributed by atoms with van der Waals surface area (Å²) in [6.45, 7) is 0.165. The van der Waals surface area contributed by atoms with Crippen LogP contribution in [0.2, 0.25) is 0 Å². The molecule has 1 aliphatic heterocycles. The van der Waals surface area contributed by atoms with Crippen LogP contribution in [0, 0.1) is 5.41 Å². The highest BCUT2D eigenvalue weighted by Gasteiger charge is 2.43. The fraction of sp³-hybridized carbons (Fsp3) is 0.923. The van der Waals surface area contributed by atoms with Gasteiger partial charge in [-0.1, -0.05) is 12.8 Å². The van der Waals surface area contributed by atoms with Gasteiger partial charge in [-0.3, -0.25) is 10.1 Å². The first kappa shape index (κ1) is 14.7. The Kier molecular flexibility index (Phi) is 4.40. The van der Waals surface area contributed by atoms with Gasteiger partial charge in [0.25, 0.3) is 5.92 Å². The van der Waals surface area contributed by atoms with Gasteiger partial charge in [-0.25, -0.2) is 8.78 Å². The topological polar surface area (TPSA) is 61.4 Å². The highest BCUT2D eigenvalue weighted by atomic mass is 19.3. The molecule has 4 nitrogen and oxygen atoms in total. The molecule has 1 aliphatic carbocycles. The highest BCUT2D eigenvalue weighted by molar-refractivity contribution is 5.82. The first-order valence-electron chi connectivity index (χ1n) is 6.96. The molecule has 0 aromatic carbocycles. The van der Waals surface area contributed by atoms with Crippen LogP contribution >= 0.6 is 0 Å². The van der Waals surface area contributed by atoms with E-state index in [1.54, 1.807) is 0 Å². The van der Waals surface area contributed by atoms with Crippen molar-refractivity contribution < 1.29 is 18.7 Å². The van der Waals surface area contributed by atoms with Gasteiger partial charge in [0.05, 0.1) is 12.6 Å². The number of amides is 1. The molecule has 0 bridgehead atoms. The van der Waals surface area contributed by atoms with Gasteiger partial charge in [0.1, 0.15) is 0 Å². The van der Waals surface area contributed by atoms with E-state index in [1.807, 2.05) is 0 Å². The zero-order valence-corrected chi connectivity index (χ0v) is 11.1. The first-order valence-corrected chi connectivity index (χ1v) is 6.96. The molecule has 2 fully saturated rings. The molecular formula is C13H22F2N2O2. The fourth-order valence-electron chi connectivity index (χ4n) is 3.18. The summed E-state index contributed by atoms with van der Waals surface area (Å²) in [6, 6.07) is -0.789. The van der Waals surface area contributed by atoms with E-state index in [1.165, 1.54) is 0 Å². The van der Waals surface area contributed by atoms with Crippen molar-refractivity contribution >= 4 is 5.91 Å². The lowest BCUT2D eigenvalue weighted by Gasteiger charge is -2.29. The van der Waals surface area contributed by atoms with Crippen LogP contribution in [0.15, 0.2) is 0 Å². The van der Waals surface area contributed by atoms with Crippen molar-refractivity contribution in [1.29, 1.82) is 0 Å². The Balaban J connectivity index is 1.82. The van der Waals surface area contributed by atoms with E-state index in [-0.39, 0.29) is 17.9 Å². The number of hydrogen-bond donors (Lipinski definition) is 3. The number of rotatable bonds is 5. The smallest absolute Gasteiger partial charge is 0.262 e. The van der Waals surface area contributed by atoms with Gasteiger partial charge in [-0.2, -0.15) is 0 Å². The van der Waals surface area contributed by atoms with Crippen molar-refractivity contribution in [3.63, 3.8) is 0 Å². The van der Waals surface area contributed by atoms with E-state index < -0.39 is 24.9 Å². The lowest BCUT2D eigenvalue weighted by Crippen LogP contribution is -2.44. The number of aliphatic hydroxyl groups is 1. The summed E-state index contributed by atoms with van der Waals surface area (Å²) >= 11 is 0. The minimum absolute atomic E-state index is 0.0362. The summed E-state index contributed by atoms with van der Waals surface area (Å²) < 4.78 is 26.0. The average molecular weight is 276 g/mol. The van der Waals surface area contributed by atoms with E-state index in [0.29, 0.717) is 13.0 Å². The Labute approximate surface area is 111 Å². The molecule has 1 saturated carbocycles. The second-order valence-electron chi connectivity index (χ2n) is 5.89. The molecule has 0 aromatic heterocycles. The van der Waals surface area contributed by atoms with Crippen molar-refractivity contribution in [3.8, 4) is 0 Å². The van der Waals surface area contributed by atoms with Crippen LogP contribution < -0.4 is 10.6 Å². The third kappa shape index (κ3) is 3.63. The summed E-state index contributed by atoms with van der Waals surface area (Å²) in [5.41, 5.74) is -0.0362. The molecule has 0 aromatic rings. The van der Waals surface area contributed by atoms with Crippen molar-refractivity contribution in [3.05, 3.63) is 0 Å². The number of hydrogen-bond acceptors (Lipinski definition) is 3. The predicted octanol–water partition coefficient (Wildman–Crippen LogP) is 1.04. The predicted molar refractivity (Wildman–Crippen MR) is 67.0 cm³/mol. The largest absolute Gasteiger partial charge is 0.396 e. The molecule has 6 heteroatoms. The number of aliphatic hydroxyl groups excluding tert-OH is 1. The quantitative estimate of drug-likeness (QED) is 0.703. The number of carbonyl (C=O) groups excluding carboxylic acids is 1. The summed E-state index contributed by atoms with van der Waals surface area (Å²) in [7, 11) is 0. The summed E-state index contributed by atoms with van der Waals surface area (Å²) in [5.74, 6) is -3.13. The van der Waals surface area contributed by atoms with Gasteiger partial charge >= 0.3 is 0 Å². The van der Waals surface area contributed by atoms with E-state index in [2.05, 4.69) is 10.6 Å². The van der Waals surface area contributed by atoms with Crippen molar-refractivity contribution in [1.82, 2.24) is 10.6 Å². The standard InChI is InChI=1S/C13H22F2N2O2/c14-13(15)7-10(16-9-13)11(19)17-8-12(5-6-18)3-1-2-4-12/h10,16,18H,1-9H2,(H,17,19). The molecule has 0 radical (unpaired) electrons. The van der Waals surface area contributed by atoms with Crippen LogP contribution in [-0.2, 0) is 4.79 Å². The third-order valence-electron chi connectivity index (χ3n) is 4.37. The molecule has 1 saturated heterocycles. The van der Waals surface area contributed by atoms with Crippen LogP contribution in [0.3, 0.4) is 0 Å². The Morgan fingerprint density at radius 2 is 2.05 bits per heavy atom. The van der Waals surface area contributed by atoms with Crippen LogP contribution in [0.25, 0.3) is 0 Å². The SMILES string of the molecule is O=C(NCC1(CCO)CCCC1)C1CC(F)(F)CN1. The Bertz CT molecular complexity index is 331. The normalized spacial score (nSPS) is 28.5. The van der Waals surface area contributed by atoms with Crippen molar-refractivity contribution in [2.24, 2.45) is 5.41 Å². The maximum atomic E-state index is 13.0. The van der Waals surface area contributed by atoms with Gasteiger partial charge in [-0.05, 0) is 24.7 Å². The van der Waals surface area contributed by atoms with Gasteiger partial charge in [0.2, 0.25) is 5.91 Å². The summed E-state index contributed by atoms with van der Waals surface area (Å²) in [6.07, 6.45) is 4.43. The lowest BCUT2D eigenvalue weighted by molar-refractivity contribution is -0.124. The van der Waals surface area contributed by atoms with Gasteiger partial charge < -0.3 is 10.4 Å². The van der Waals surface area contributed by atoms with E-state index in [0.717, 1.165) is 25.7 Å². The highest BCUT2D eigenvalue weighted by Crippen LogP contribution is 2.40. The molecule has 110 valence electrons. The molecule has 1 amide bonds. The van der Waals surface area contributed by atoms with Gasteiger partial charge in [0.15, 0.2) is 0 Å². The molecule has 1 heterocycles. The van der Waals surface area contributed by atoms with Crippen molar-refractivity contribution in [2.75, 3.05) is 19.7 Å². The molecule has 2 aliphatic rings. The molecular weight excluding hydrogens is 254 g/mol. The van der Waals surface area contributed by atoms with E-state index in [4.69, 9.17) is 5.11 Å². The average Bonchev–Trinajstić information content (AvgIpc) is 2.94. The number of alkyl halides is 2. The second kappa shape index (κ2) is 5.71. The third-order valence-corrected chi connectivity index (χ3v) is 4.37. The Morgan fingerprint density at radius 1 is 1.37 bits per heavy atom. The number of halogens is 2. The molecule has 1 atom stereocenters. The molecule has 0 spiro atoms. The Hall–Kier alpha value is -0.750. The van der Waals surface area contributed by atoms with E-state index >= 15 is 0 Å². The van der Waals surface area contributed by atoms with Crippen LogP contribution in [0.5, 0.6) is 0 Å². The maximum Gasteiger partial charge on any atom is 0.262 e. The van der Waals surface area contributed by atoms with Crippen molar-refractivity contribution in [2.45, 2.75) is 50.5 Å². The van der Waals surface area contributed by atoms with Crippen LogP contribution in [-0.4, -0.2) is 42.7 Å². The summed E-state index contributed by atoms with van der Waals surface area (Å²) in [5, 5.41) is 14.5. The molecule has 1 unspecified atom stereocenters. The second-order valence-corrected chi connectivity index (χ2v) is 5.89. The minimum atomic E-state index is -2.78. The van der Waals surface area contributed by atoms with E-state index in [9.17, 15) is 13.6 Å². The minimum Gasteiger partial charge on any atom is -0.396 e. The lowest BCUT2D eigenvalue weighted by atomic mass is 9.83.